The molecule has 0 atom stereocenters. The number of thioether (sulfide) groups is 1. The van der Waals surface area contributed by atoms with Gasteiger partial charge in [0.2, 0.25) is 11.1 Å². The number of amidine groups is 2. The van der Waals surface area contributed by atoms with Gasteiger partial charge in [0.05, 0.1) is 25.2 Å². The summed E-state index contributed by atoms with van der Waals surface area (Å²) in [6.45, 7) is 8.24. The highest BCUT2D eigenvalue weighted by Crippen LogP contribution is 2.31. The van der Waals surface area contributed by atoms with Crippen LogP contribution in [-0.4, -0.2) is 68.6 Å². The van der Waals surface area contributed by atoms with E-state index in [1.165, 1.54) is 16.8 Å². The van der Waals surface area contributed by atoms with E-state index < -0.39 is 5.91 Å². The number of morpholine rings is 1. The quantitative estimate of drug-likeness (QED) is 0.663. The fraction of sp³-hybridized carbons (Fsp3) is 0.320. The Morgan fingerprint density at radius 1 is 1.20 bits per heavy atom. The topological polar surface area (TPSA) is 103 Å². The van der Waals surface area contributed by atoms with Crippen molar-refractivity contribution in [2.75, 3.05) is 26.3 Å². The van der Waals surface area contributed by atoms with Gasteiger partial charge in [-0.15, -0.1) is 0 Å². The summed E-state index contributed by atoms with van der Waals surface area (Å²) in [6, 6.07) is 10.2. The zero-order valence-corrected chi connectivity index (χ0v) is 20.7. The average Bonchev–Trinajstić information content (AvgIpc) is 3.36. The third-order valence-electron chi connectivity index (χ3n) is 6.19. The van der Waals surface area contributed by atoms with Crippen LogP contribution in [0.25, 0.3) is 11.8 Å². The maximum atomic E-state index is 12.9. The SMILES string of the molecule is Cc1cccc(-n2c(C)cc(/C=C3\C(=N)N4N=C(CC(=O)N5CCOCC5)SC4=NC3=O)c2C)c1. The van der Waals surface area contributed by atoms with Crippen LogP contribution in [0.1, 0.15) is 28.9 Å². The zero-order valence-electron chi connectivity index (χ0n) is 19.9. The Hall–Kier alpha value is -3.50. The van der Waals surface area contributed by atoms with Crippen LogP contribution in [-0.2, 0) is 14.3 Å². The van der Waals surface area contributed by atoms with Crippen molar-refractivity contribution in [1.29, 1.82) is 5.41 Å². The number of ether oxygens (including phenoxy) is 1. The van der Waals surface area contributed by atoms with Gasteiger partial charge in [-0.05, 0) is 67.9 Å². The molecule has 0 radical (unpaired) electrons. The summed E-state index contributed by atoms with van der Waals surface area (Å²) in [5, 5.41) is 15.3. The molecule has 10 heteroatoms. The number of rotatable bonds is 4. The van der Waals surface area contributed by atoms with Gasteiger partial charge in [0.25, 0.3) is 5.91 Å². The van der Waals surface area contributed by atoms with E-state index in [0.29, 0.717) is 36.5 Å². The van der Waals surface area contributed by atoms with Crippen molar-refractivity contribution in [2.45, 2.75) is 27.2 Å². The lowest BCUT2D eigenvalue weighted by Gasteiger charge is -2.26. The van der Waals surface area contributed by atoms with Crippen molar-refractivity contribution in [1.82, 2.24) is 14.5 Å². The maximum Gasteiger partial charge on any atom is 0.283 e. The van der Waals surface area contributed by atoms with Crippen LogP contribution in [0.2, 0.25) is 0 Å². The van der Waals surface area contributed by atoms with Gasteiger partial charge in [0.1, 0.15) is 5.04 Å². The molecular formula is C25H26N6O3S. The van der Waals surface area contributed by atoms with Crippen molar-refractivity contribution in [2.24, 2.45) is 10.1 Å². The minimum absolute atomic E-state index is 0.0401. The molecule has 1 N–H and O–H groups in total. The molecule has 1 aromatic carbocycles. The largest absolute Gasteiger partial charge is 0.378 e. The smallest absolute Gasteiger partial charge is 0.283 e. The van der Waals surface area contributed by atoms with Gasteiger partial charge >= 0.3 is 0 Å². The highest BCUT2D eigenvalue weighted by atomic mass is 32.2. The first-order valence-electron chi connectivity index (χ1n) is 11.4. The van der Waals surface area contributed by atoms with E-state index in [4.69, 9.17) is 10.1 Å². The molecule has 0 unspecified atom stereocenters. The van der Waals surface area contributed by atoms with E-state index in [1.54, 1.807) is 11.0 Å². The van der Waals surface area contributed by atoms with E-state index in [9.17, 15) is 9.59 Å². The third kappa shape index (κ3) is 4.46. The lowest BCUT2D eigenvalue weighted by molar-refractivity contribution is -0.133. The molecule has 9 nitrogen and oxygen atoms in total. The van der Waals surface area contributed by atoms with E-state index in [2.05, 4.69) is 33.7 Å². The van der Waals surface area contributed by atoms with E-state index in [-0.39, 0.29) is 23.7 Å². The van der Waals surface area contributed by atoms with Crippen molar-refractivity contribution in [3.63, 3.8) is 0 Å². The normalized spacial score (nSPS) is 19.2. The monoisotopic (exact) mass is 490 g/mol. The van der Waals surface area contributed by atoms with Gasteiger partial charge in [0, 0.05) is 30.2 Å². The number of amides is 2. The first-order valence-corrected chi connectivity index (χ1v) is 12.2. The Kier molecular flexibility index (Phi) is 6.16. The number of hydrogen-bond acceptors (Lipinski definition) is 6. The predicted molar refractivity (Wildman–Crippen MR) is 137 cm³/mol. The molecule has 1 fully saturated rings. The Bertz CT molecular complexity index is 1330. The molecule has 0 aliphatic carbocycles. The Balaban J connectivity index is 1.40. The standard InChI is InChI=1S/C25H26N6O3S/c1-15-5-4-6-19(11-15)30-16(2)12-18(17(30)3)13-20-23(26)31-25(27-24(20)33)35-21(28-31)14-22(32)29-7-9-34-10-8-29/h4-6,11-13,26H,7-10,14H2,1-3H3/b20-13+,26-23?. The van der Waals surface area contributed by atoms with Gasteiger partial charge in [-0.3, -0.25) is 15.0 Å². The number of hydrazone groups is 1. The molecule has 0 saturated carbocycles. The molecule has 4 heterocycles. The lowest BCUT2D eigenvalue weighted by Crippen LogP contribution is -2.41. The van der Waals surface area contributed by atoms with Crippen molar-refractivity contribution < 1.29 is 14.3 Å². The van der Waals surface area contributed by atoms with Gasteiger partial charge < -0.3 is 14.2 Å². The molecule has 2 amide bonds. The van der Waals surface area contributed by atoms with Crippen molar-refractivity contribution >= 4 is 45.7 Å². The Morgan fingerprint density at radius 2 is 1.97 bits per heavy atom. The van der Waals surface area contributed by atoms with Crippen molar-refractivity contribution in [3.8, 4) is 5.69 Å². The Morgan fingerprint density at radius 3 is 2.71 bits per heavy atom. The summed E-state index contributed by atoms with van der Waals surface area (Å²) in [4.78, 5) is 31.4. The van der Waals surface area contributed by atoms with Crippen LogP contribution < -0.4 is 0 Å². The van der Waals surface area contributed by atoms with Crippen LogP contribution in [0.4, 0.5) is 0 Å². The van der Waals surface area contributed by atoms with Gasteiger partial charge in [-0.25, -0.2) is 0 Å². The van der Waals surface area contributed by atoms with Gasteiger partial charge in [-0.1, -0.05) is 12.1 Å². The van der Waals surface area contributed by atoms with E-state index >= 15 is 0 Å². The summed E-state index contributed by atoms with van der Waals surface area (Å²) in [5.74, 6) is -0.566. The summed E-state index contributed by atoms with van der Waals surface area (Å²) < 4.78 is 7.43. The summed E-state index contributed by atoms with van der Waals surface area (Å²) >= 11 is 1.17. The second-order valence-corrected chi connectivity index (χ2v) is 9.73. The number of fused-ring (bicyclic) bond motifs is 1. The molecule has 1 saturated heterocycles. The number of carbonyl (C=O) groups is 2. The van der Waals surface area contributed by atoms with Gasteiger partial charge in [0.15, 0.2) is 5.84 Å². The fourth-order valence-corrected chi connectivity index (χ4v) is 5.29. The molecule has 5 rings (SSSR count). The maximum absolute atomic E-state index is 12.9. The zero-order chi connectivity index (χ0) is 24.7. The highest BCUT2D eigenvalue weighted by molar-refractivity contribution is 8.27. The number of aromatic nitrogens is 1. The molecule has 3 aliphatic rings. The molecule has 35 heavy (non-hydrogen) atoms. The molecule has 1 aromatic heterocycles. The van der Waals surface area contributed by atoms with Crippen LogP contribution in [0, 0.1) is 26.2 Å². The van der Waals surface area contributed by atoms with Crippen LogP contribution in [0.15, 0.2) is 46.0 Å². The van der Waals surface area contributed by atoms with Crippen LogP contribution in [0.3, 0.4) is 0 Å². The molecule has 2 aromatic rings. The third-order valence-corrected chi connectivity index (χ3v) is 7.10. The predicted octanol–water partition coefficient (Wildman–Crippen LogP) is 3.27. The molecule has 0 spiro atoms. The molecule has 3 aliphatic heterocycles. The number of hydrogen-bond donors (Lipinski definition) is 1. The Labute approximate surface area is 207 Å². The van der Waals surface area contributed by atoms with E-state index in [1.807, 2.05) is 32.0 Å². The number of aryl methyl sites for hydroxylation is 2. The molecule has 0 bridgehead atoms. The number of nitrogens with zero attached hydrogens (tertiary/aromatic N) is 5. The average molecular weight is 491 g/mol. The highest BCUT2D eigenvalue weighted by Gasteiger charge is 2.36. The summed E-state index contributed by atoms with van der Waals surface area (Å²) in [7, 11) is 0. The number of aliphatic imine (C=N–C) groups is 1. The minimum atomic E-state index is -0.481. The second kappa shape index (κ2) is 9.27. The fourth-order valence-electron chi connectivity index (χ4n) is 4.41. The minimum Gasteiger partial charge on any atom is -0.378 e. The lowest BCUT2D eigenvalue weighted by atomic mass is 10.1. The van der Waals surface area contributed by atoms with Gasteiger partial charge in [-0.2, -0.15) is 15.1 Å². The number of benzene rings is 1. The van der Waals surface area contributed by atoms with Crippen LogP contribution in [0.5, 0.6) is 0 Å². The molecule has 180 valence electrons. The van der Waals surface area contributed by atoms with Crippen LogP contribution >= 0.6 is 11.8 Å². The number of nitrogens with one attached hydrogen (secondary N) is 1. The van der Waals surface area contributed by atoms with Crippen molar-refractivity contribution in [3.05, 3.63) is 58.4 Å². The summed E-state index contributed by atoms with van der Waals surface area (Å²) in [5.41, 5.74) is 5.21. The second-order valence-electron chi connectivity index (χ2n) is 8.68. The first kappa shape index (κ1) is 23.3. The first-order chi connectivity index (χ1) is 16.8. The number of carbonyl (C=O) groups excluding carboxylic acids is 2. The van der Waals surface area contributed by atoms with E-state index in [0.717, 1.165) is 28.2 Å². The molecular weight excluding hydrogens is 464 g/mol. The summed E-state index contributed by atoms with van der Waals surface area (Å²) in [6.07, 6.45) is 1.81.